The van der Waals surface area contributed by atoms with E-state index in [1.54, 1.807) is 0 Å². The van der Waals surface area contributed by atoms with Crippen LogP contribution in [0, 0.1) is 0 Å². The zero-order valence-electron chi connectivity index (χ0n) is 12.8. The minimum absolute atomic E-state index is 0.649. The zero-order chi connectivity index (χ0) is 14.6. The molecular weight excluding hydrogens is 252 g/mol. The summed E-state index contributed by atoms with van der Waals surface area (Å²) in [4.78, 5) is 2.35. The normalized spacial score (nSPS) is 10.8. The molecule has 0 saturated heterocycles. The molecule has 0 spiro atoms. The van der Waals surface area contributed by atoms with Crippen LogP contribution in [0.2, 0.25) is 0 Å². The Bertz CT molecular complexity index is 358. The first kappa shape index (κ1) is 16.8. The van der Waals surface area contributed by atoms with Crippen molar-refractivity contribution in [3.05, 3.63) is 24.3 Å². The predicted octanol–water partition coefficient (Wildman–Crippen LogP) is 2.52. The Morgan fingerprint density at radius 3 is 2.30 bits per heavy atom. The van der Waals surface area contributed by atoms with Crippen molar-refractivity contribution >= 4 is 0 Å². The van der Waals surface area contributed by atoms with Crippen molar-refractivity contribution in [3.63, 3.8) is 0 Å². The molecule has 1 aromatic rings. The fourth-order valence-electron chi connectivity index (χ4n) is 2.03. The first-order valence-corrected chi connectivity index (χ1v) is 7.58. The van der Waals surface area contributed by atoms with Crippen LogP contribution in [0.3, 0.4) is 0 Å². The molecule has 2 N–H and O–H groups in total. The van der Waals surface area contributed by atoms with Gasteiger partial charge in [-0.25, -0.2) is 0 Å². The summed E-state index contributed by atoms with van der Waals surface area (Å²) in [7, 11) is 0. The van der Waals surface area contributed by atoms with E-state index >= 15 is 0 Å². The van der Waals surface area contributed by atoms with Gasteiger partial charge in [-0.15, -0.1) is 0 Å². The Morgan fingerprint density at radius 2 is 1.70 bits per heavy atom. The summed E-state index contributed by atoms with van der Waals surface area (Å²) >= 11 is 0. The lowest BCUT2D eigenvalue weighted by atomic mass is 10.3. The van der Waals surface area contributed by atoms with Gasteiger partial charge in [-0.05, 0) is 32.0 Å². The van der Waals surface area contributed by atoms with Crippen molar-refractivity contribution in [2.24, 2.45) is 5.73 Å². The Morgan fingerprint density at radius 1 is 1.00 bits per heavy atom. The molecule has 0 aromatic heterocycles. The van der Waals surface area contributed by atoms with Crippen LogP contribution in [0.4, 0.5) is 0 Å². The lowest BCUT2D eigenvalue weighted by Gasteiger charge is -2.21. The summed E-state index contributed by atoms with van der Waals surface area (Å²) in [5.74, 6) is 1.63. The molecule has 4 nitrogen and oxygen atoms in total. The van der Waals surface area contributed by atoms with Gasteiger partial charge in [-0.3, -0.25) is 4.90 Å². The van der Waals surface area contributed by atoms with E-state index in [1.807, 2.05) is 31.2 Å². The molecule has 1 aromatic carbocycles. The van der Waals surface area contributed by atoms with Crippen LogP contribution in [0.1, 0.15) is 26.7 Å². The van der Waals surface area contributed by atoms with Gasteiger partial charge in [0.15, 0.2) is 11.5 Å². The second kappa shape index (κ2) is 10.5. The smallest absolute Gasteiger partial charge is 0.161 e. The van der Waals surface area contributed by atoms with Crippen molar-refractivity contribution in [1.29, 1.82) is 0 Å². The highest BCUT2D eigenvalue weighted by Gasteiger charge is 2.06. The Labute approximate surface area is 122 Å². The standard InChI is InChI=1S/C16H28N2O2/c1-3-5-11-18(12-10-17)13-14-20-16-9-7-6-8-15(16)19-4-2/h6-9H,3-5,10-14,17H2,1-2H3. The van der Waals surface area contributed by atoms with E-state index in [-0.39, 0.29) is 0 Å². The van der Waals surface area contributed by atoms with E-state index in [2.05, 4.69) is 11.8 Å². The zero-order valence-corrected chi connectivity index (χ0v) is 12.8. The second-order valence-corrected chi connectivity index (χ2v) is 4.71. The highest BCUT2D eigenvalue weighted by molar-refractivity contribution is 5.39. The van der Waals surface area contributed by atoms with E-state index in [4.69, 9.17) is 15.2 Å². The van der Waals surface area contributed by atoms with Gasteiger partial charge < -0.3 is 15.2 Å². The van der Waals surface area contributed by atoms with E-state index in [9.17, 15) is 0 Å². The molecule has 1 rings (SSSR count). The van der Waals surface area contributed by atoms with Gasteiger partial charge in [0, 0.05) is 19.6 Å². The van der Waals surface area contributed by atoms with Crippen molar-refractivity contribution in [2.75, 3.05) is 39.4 Å². The molecule has 4 heteroatoms. The molecule has 0 aliphatic carbocycles. The maximum absolute atomic E-state index is 5.84. The fraction of sp³-hybridized carbons (Fsp3) is 0.625. The summed E-state index contributed by atoms with van der Waals surface area (Å²) < 4.78 is 11.4. The Kier molecular flexibility index (Phi) is 8.83. The van der Waals surface area contributed by atoms with E-state index in [0.29, 0.717) is 19.8 Å². The Hall–Kier alpha value is -1.26. The number of hydrogen-bond acceptors (Lipinski definition) is 4. The van der Waals surface area contributed by atoms with E-state index in [0.717, 1.165) is 31.1 Å². The third kappa shape index (κ3) is 6.26. The summed E-state index contributed by atoms with van der Waals surface area (Å²) in [5.41, 5.74) is 5.65. The minimum atomic E-state index is 0.649. The van der Waals surface area contributed by atoms with Crippen LogP contribution in [-0.2, 0) is 0 Å². The molecule has 0 aliphatic heterocycles. The van der Waals surface area contributed by atoms with Crippen LogP contribution < -0.4 is 15.2 Å². The van der Waals surface area contributed by atoms with Crippen molar-refractivity contribution in [2.45, 2.75) is 26.7 Å². The highest BCUT2D eigenvalue weighted by Crippen LogP contribution is 2.26. The maximum atomic E-state index is 5.84. The van der Waals surface area contributed by atoms with Crippen LogP contribution in [0.15, 0.2) is 24.3 Å². The number of benzene rings is 1. The molecule has 0 saturated carbocycles. The molecule has 20 heavy (non-hydrogen) atoms. The summed E-state index contributed by atoms with van der Waals surface area (Å²) in [5, 5.41) is 0. The van der Waals surface area contributed by atoms with E-state index < -0.39 is 0 Å². The van der Waals surface area contributed by atoms with Crippen molar-refractivity contribution < 1.29 is 9.47 Å². The van der Waals surface area contributed by atoms with Crippen LogP contribution >= 0.6 is 0 Å². The van der Waals surface area contributed by atoms with Crippen molar-refractivity contribution in [3.8, 4) is 11.5 Å². The van der Waals surface area contributed by atoms with Gasteiger partial charge in [0.2, 0.25) is 0 Å². The van der Waals surface area contributed by atoms with Gasteiger partial charge in [0.1, 0.15) is 6.61 Å². The minimum Gasteiger partial charge on any atom is -0.490 e. The molecule has 0 atom stereocenters. The summed E-state index contributed by atoms with van der Waals surface area (Å²) in [6.07, 6.45) is 2.41. The number of rotatable bonds is 11. The molecule has 0 heterocycles. The van der Waals surface area contributed by atoms with Gasteiger partial charge >= 0.3 is 0 Å². The topological polar surface area (TPSA) is 47.7 Å². The fourth-order valence-corrected chi connectivity index (χ4v) is 2.03. The first-order valence-electron chi connectivity index (χ1n) is 7.58. The first-order chi connectivity index (χ1) is 9.81. The van der Waals surface area contributed by atoms with E-state index in [1.165, 1.54) is 12.8 Å². The number of para-hydroxylation sites is 2. The largest absolute Gasteiger partial charge is 0.490 e. The quantitative estimate of drug-likeness (QED) is 0.676. The lowest BCUT2D eigenvalue weighted by Crippen LogP contribution is -2.34. The summed E-state index contributed by atoms with van der Waals surface area (Å²) in [6.45, 7) is 9.10. The summed E-state index contributed by atoms with van der Waals surface area (Å²) in [6, 6.07) is 7.81. The number of nitrogens with zero attached hydrogens (tertiary/aromatic N) is 1. The molecular formula is C16H28N2O2. The maximum Gasteiger partial charge on any atom is 0.161 e. The third-order valence-corrected chi connectivity index (χ3v) is 3.09. The second-order valence-electron chi connectivity index (χ2n) is 4.71. The average Bonchev–Trinajstić information content (AvgIpc) is 2.47. The SMILES string of the molecule is CCCCN(CCN)CCOc1ccccc1OCC. The number of hydrogen-bond donors (Lipinski definition) is 1. The molecule has 0 unspecified atom stereocenters. The highest BCUT2D eigenvalue weighted by atomic mass is 16.5. The number of nitrogens with two attached hydrogens (primary N) is 1. The third-order valence-electron chi connectivity index (χ3n) is 3.09. The molecule has 0 bridgehead atoms. The van der Waals surface area contributed by atoms with Gasteiger partial charge in [0.05, 0.1) is 6.61 Å². The van der Waals surface area contributed by atoms with Gasteiger partial charge in [-0.2, -0.15) is 0 Å². The Balaban J connectivity index is 2.41. The van der Waals surface area contributed by atoms with Crippen LogP contribution in [0.25, 0.3) is 0 Å². The average molecular weight is 280 g/mol. The predicted molar refractivity (Wildman–Crippen MR) is 83.5 cm³/mol. The number of ether oxygens (including phenoxy) is 2. The van der Waals surface area contributed by atoms with Crippen LogP contribution in [0.5, 0.6) is 11.5 Å². The van der Waals surface area contributed by atoms with Crippen LogP contribution in [-0.4, -0.2) is 44.3 Å². The molecule has 0 fully saturated rings. The van der Waals surface area contributed by atoms with Gasteiger partial charge in [0.25, 0.3) is 0 Å². The van der Waals surface area contributed by atoms with Crippen molar-refractivity contribution in [1.82, 2.24) is 4.90 Å². The molecule has 114 valence electrons. The molecule has 0 radical (unpaired) electrons. The lowest BCUT2D eigenvalue weighted by molar-refractivity contribution is 0.203. The molecule has 0 amide bonds. The monoisotopic (exact) mass is 280 g/mol. The number of unbranched alkanes of at least 4 members (excludes halogenated alkanes) is 1. The van der Waals surface area contributed by atoms with Gasteiger partial charge in [-0.1, -0.05) is 25.5 Å². The molecule has 0 aliphatic rings.